The lowest BCUT2D eigenvalue weighted by atomic mass is 9.92. The lowest BCUT2D eigenvalue weighted by Gasteiger charge is -2.18. The molecule has 1 nitrogen and oxygen atoms in total. The summed E-state index contributed by atoms with van der Waals surface area (Å²) in [7, 11) is 0. The van der Waals surface area contributed by atoms with E-state index in [9.17, 15) is 13.2 Å². The second kappa shape index (κ2) is 5.54. The van der Waals surface area contributed by atoms with Crippen molar-refractivity contribution >= 4 is 0 Å². The van der Waals surface area contributed by atoms with Crippen LogP contribution in [-0.2, 0) is 12.6 Å². The molecule has 0 aliphatic heterocycles. The van der Waals surface area contributed by atoms with Gasteiger partial charge >= 0.3 is 6.18 Å². The lowest BCUT2D eigenvalue weighted by molar-refractivity contribution is -0.137. The van der Waals surface area contributed by atoms with Gasteiger partial charge in [-0.25, -0.2) is 0 Å². The SMILES string of the molecule is CC[C@@H](N)C(C)Cc1cccc(C(F)(F)F)c1. The summed E-state index contributed by atoms with van der Waals surface area (Å²) >= 11 is 0. The minimum absolute atomic E-state index is 0.0320. The summed E-state index contributed by atoms with van der Waals surface area (Å²) in [5, 5.41) is 0. The predicted molar refractivity (Wildman–Crippen MR) is 62.6 cm³/mol. The standard InChI is InChI=1S/C13H18F3N/c1-3-12(17)9(2)7-10-5-4-6-11(8-10)13(14,15)16/h4-6,8-9,12H,3,7,17H2,1-2H3/t9?,12-/m1/s1. The smallest absolute Gasteiger partial charge is 0.327 e. The second-order valence-electron chi connectivity index (χ2n) is 4.45. The van der Waals surface area contributed by atoms with Gasteiger partial charge in [0.15, 0.2) is 0 Å². The van der Waals surface area contributed by atoms with Crippen LogP contribution in [0.25, 0.3) is 0 Å². The lowest BCUT2D eigenvalue weighted by Crippen LogP contribution is -2.28. The molecule has 0 fully saturated rings. The van der Waals surface area contributed by atoms with Gasteiger partial charge in [-0.3, -0.25) is 0 Å². The molecule has 1 rings (SSSR count). The van der Waals surface area contributed by atoms with Crippen LogP contribution in [0.5, 0.6) is 0 Å². The third-order valence-corrected chi connectivity index (χ3v) is 3.01. The summed E-state index contributed by atoms with van der Waals surface area (Å²) in [6.45, 7) is 3.95. The molecule has 0 saturated heterocycles. The van der Waals surface area contributed by atoms with Crippen molar-refractivity contribution in [1.29, 1.82) is 0 Å². The second-order valence-corrected chi connectivity index (χ2v) is 4.45. The van der Waals surface area contributed by atoms with E-state index in [-0.39, 0.29) is 12.0 Å². The van der Waals surface area contributed by atoms with Gasteiger partial charge in [-0.05, 0) is 30.4 Å². The van der Waals surface area contributed by atoms with Gasteiger partial charge in [0.2, 0.25) is 0 Å². The first-order chi connectivity index (χ1) is 7.84. The fourth-order valence-electron chi connectivity index (χ4n) is 1.80. The van der Waals surface area contributed by atoms with Gasteiger partial charge in [0, 0.05) is 6.04 Å². The zero-order valence-corrected chi connectivity index (χ0v) is 10.1. The van der Waals surface area contributed by atoms with Crippen LogP contribution in [0.1, 0.15) is 31.4 Å². The Hall–Kier alpha value is -1.03. The van der Waals surface area contributed by atoms with E-state index >= 15 is 0 Å². The molecule has 0 amide bonds. The molecule has 0 heterocycles. The first kappa shape index (κ1) is 14.0. The number of halogens is 3. The molecular weight excluding hydrogens is 227 g/mol. The van der Waals surface area contributed by atoms with E-state index in [4.69, 9.17) is 5.73 Å². The summed E-state index contributed by atoms with van der Waals surface area (Å²) < 4.78 is 37.5. The normalized spacial score (nSPS) is 15.6. The number of nitrogens with two attached hydrogens (primary N) is 1. The molecule has 96 valence electrons. The molecule has 0 spiro atoms. The summed E-state index contributed by atoms with van der Waals surface area (Å²) in [6.07, 6.45) is -2.86. The molecule has 0 aromatic heterocycles. The number of hydrogen-bond donors (Lipinski definition) is 1. The quantitative estimate of drug-likeness (QED) is 0.861. The van der Waals surface area contributed by atoms with E-state index in [0.29, 0.717) is 12.0 Å². The molecule has 0 bridgehead atoms. The first-order valence-electron chi connectivity index (χ1n) is 5.76. The molecule has 17 heavy (non-hydrogen) atoms. The Bertz CT molecular complexity index is 360. The number of benzene rings is 1. The van der Waals surface area contributed by atoms with E-state index in [1.807, 2.05) is 13.8 Å². The Balaban J connectivity index is 2.79. The van der Waals surface area contributed by atoms with Crippen LogP contribution >= 0.6 is 0 Å². The van der Waals surface area contributed by atoms with Gasteiger partial charge in [-0.1, -0.05) is 32.0 Å². The van der Waals surface area contributed by atoms with E-state index in [2.05, 4.69) is 0 Å². The average molecular weight is 245 g/mol. The zero-order valence-electron chi connectivity index (χ0n) is 10.1. The Kier molecular flexibility index (Phi) is 4.57. The van der Waals surface area contributed by atoms with Gasteiger partial charge in [0.25, 0.3) is 0 Å². The molecular formula is C13H18F3N. The third-order valence-electron chi connectivity index (χ3n) is 3.01. The molecule has 4 heteroatoms. The van der Waals surface area contributed by atoms with E-state index < -0.39 is 11.7 Å². The van der Waals surface area contributed by atoms with Crippen LogP contribution in [-0.4, -0.2) is 6.04 Å². The molecule has 0 aliphatic rings. The minimum Gasteiger partial charge on any atom is -0.327 e. The molecule has 0 aliphatic carbocycles. The molecule has 1 unspecified atom stereocenters. The topological polar surface area (TPSA) is 26.0 Å². The average Bonchev–Trinajstić information content (AvgIpc) is 2.27. The van der Waals surface area contributed by atoms with Crippen LogP contribution in [0, 0.1) is 5.92 Å². The van der Waals surface area contributed by atoms with Crippen molar-refractivity contribution in [3.8, 4) is 0 Å². The maximum atomic E-state index is 12.5. The fraction of sp³-hybridized carbons (Fsp3) is 0.538. The number of alkyl halides is 3. The Morgan fingerprint density at radius 1 is 1.29 bits per heavy atom. The van der Waals surface area contributed by atoms with Crippen molar-refractivity contribution in [3.05, 3.63) is 35.4 Å². The highest BCUT2D eigenvalue weighted by Crippen LogP contribution is 2.30. The van der Waals surface area contributed by atoms with Gasteiger partial charge < -0.3 is 5.73 Å². The Morgan fingerprint density at radius 3 is 2.47 bits per heavy atom. The molecule has 0 radical (unpaired) electrons. The molecule has 2 N–H and O–H groups in total. The summed E-state index contributed by atoms with van der Waals surface area (Å²) in [4.78, 5) is 0. The highest BCUT2D eigenvalue weighted by molar-refractivity contribution is 5.26. The van der Waals surface area contributed by atoms with Gasteiger partial charge in [-0.2, -0.15) is 13.2 Å². The van der Waals surface area contributed by atoms with Crippen molar-refractivity contribution < 1.29 is 13.2 Å². The Morgan fingerprint density at radius 2 is 1.94 bits per heavy atom. The van der Waals surface area contributed by atoms with E-state index in [1.54, 1.807) is 6.07 Å². The first-order valence-corrected chi connectivity index (χ1v) is 5.76. The van der Waals surface area contributed by atoms with Crippen LogP contribution in [0.3, 0.4) is 0 Å². The van der Waals surface area contributed by atoms with Crippen molar-refractivity contribution in [3.63, 3.8) is 0 Å². The highest BCUT2D eigenvalue weighted by Gasteiger charge is 2.30. The van der Waals surface area contributed by atoms with Crippen LogP contribution in [0.15, 0.2) is 24.3 Å². The molecule has 1 aromatic rings. The van der Waals surface area contributed by atoms with Crippen molar-refractivity contribution in [2.75, 3.05) is 0 Å². The molecule has 0 saturated carbocycles. The van der Waals surface area contributed by atoms with Crippen LogP contribution < -0.4 is 5.73 Å². The molecule has 1 aromatic carbocycles. The molecule has 2 atom stereocenters. The Labute approximate surface area is 99.8 Å². The van der Waals surface area contributed by atoms with Gasteiger partial charge in [-0.15, -0.1) is 0 Å². The zero-order chi connectivity index (χ0) is 13.1. The maximum absolute atomic E-state index is 12.5. The third kappa shape index (κ3) is 4.04. The van der Waals surface area contributed by atoms with Crippen molar-refractivity contribution in [1.82, 2.24) is 0 Å². The van der Waals surface area contributed by atoms with E-state index in [1.165, 1.54) is 12.1 Å². The predicted octanol–water partition coefficient (Wildman–Crippen LogP) is 3.62. The van der Waals surface area contributed by atoms with Crippen molar-refractivity contribution in [2.24, 2.45) is 11.7 Å². The van der Waals surface area contributed by atoms with E-state index in [0.717, 1.165) is 12.5 Å². The summed E-state index contributed by atoms with van der Waals surface area (Å²) in [5.41, 5.74) is 5.97. The van der Waals surface area contributed by atoms with Crippen LogP contribution in [0.4, 0.5) is 13.2 Å². The largest absolute Gasteiger partial charge is 0.416 e. The number of hydrogen-bond acceptors (Lipinski definition) is 1. The monoisotopic (exact) mass is 245 g/mol. The van der Waals surface area contributed by atoms with Crippen molar-refractivity contribution in [2.45, 2.75) is 38.9 Å². The van der Waals surface area contributed by atoms with Gasteiger partial charge in [0.05, 0.1) is 5.56 Å². The fourth-order valence-corrected chi connectivity index (χ4v) is 1.80. The minimum atomic E-state index is -4.27. The summed E-state index contributed by atoms with van der Waals surface area (Å²) in [5.74, 6) is 0.184. The highest BCUT2D eigenvalue weighted by atomic mass is 19.4. The van der Waals surface area contributed by atoms with Gasteiger partial charge in [0.1, 0.15) is 0 Å². The maximum Gasteiger partial charge on any atom is 0.416 e. The number of rotatable bonds is 4. The summed E-state index contributed by atoms with van der Waals surface area (Å²) in [6, 6.07) is 5.49. The van der Waals surface area contributed by atoms with Crippen LogP contribution in [0.2, 0.25) is 0 Å².